The summed E-state index contributed by atoms with van der Waals surface area (Å²) in [6.07, 6.45) is 11.2. The number of esters is 3. The van der Waals surface area contributed by atoms with Gasteiger partial charge in [0.15, 0.2) is 24.7 Å². The molecule has 0 amide bonds. The largest absolute Gasteiger partial charge is 0.478 e. The van der Waals surface area contributed by atoms with Gasteiger partial charge in [-0.1, -0.05) is 12.6 Å². The fraction of sp³-hybridized carbons (Fsp3) is 0.711. The molecule has 0 aromatic heterocycles. The molecule has 0 N–H and O–H groups in total. The van der Waals surface area contributed by atoms with Crippen molar-refractivity contribution >= 4 is 17.9 Å². The summed E-state index contributed by atoms with van der Waals surface area (Å²) in [4.78, 5) is 38.7. The van der Waals surface area contributed by atoms with E-state index in [0.717, 1.165) is 75.0 Å². The molecule has 0 saturated heterocycles. The van der Waals surface area contributed by atoms with E-state index in [4.69, 9.17) is 23.7 Å². The highest BCUT2D eigenvalue weighted by Gasteiger charge is 2.58. The van der Waals surface area contributed by atoms with Crippen LogP contribution in [0.25, 0.3) is 0 Å². The zero-order chi connectivity index (χ0) is 32.4. The van der Waals surface area contributed by atoms with Crippen LogP contribution in [0.2, 0.25) is 0 Å². The van der Waals surface area contributed by atoms with E-state index in [1.54, 1.807) is 32.0 Å². The monoisotopic (exact) mass is 634 g/mol. The van der Waals surface area contributed by atoms with Gasteiger partial charge in [0, 0.05) is 5.57 Å². The van der Waals surface area contributed by atoms with Gasteiger partial charge in [0.05, 0.1) is 0 Å². The summed E-state index contributed by atoms with van der Waals surface area (Å²) in [5.74, 6) is 4.00. The van der Waals surface area contributed by atoms with Gasteiger partial charge in [0.25, 0.3) is 0 Å². The Balaban J connectivity index is 1.02. The van der Waals surface area contributed by atoms with Crippen molar-refractivity contribution in [3.8, 4) is 11.5 Å². The quantitative estimate of drug-likeness (QED) is 0.144. The van der Waals surface area contributed by atoms with E-state index in [1.165, 1.54) is 12.8 Å². The van der Waals surface area contributed by atoms with Gasteiger partial charge in [0.2, 0.25) is 0 Å². The first-order chi connectivity index (χ1) is 21.9. The van der Waals surface area contributed by atoms with Gasteiger partial charge in [-0.05, 0) is 157 Å². The van der Waals surface area contributed by atoms with Crippen LogP contribution in [0.5, 0.6) is 11.5 Å². The summed E-state index contributed by atoms with van der Waals surface area (Å²) in [5.41, 5.74) is 0.0489. The second kappa shape index (κ2) is 11.9. The van der Waals surface area contributed by atoms with Crippen LogP contribution in [-0.2, 0) is 28.6 Å². The van der Waals surface area contributed by atoms with E-state index in [2.05, 4.69) is 20.4 Å². The summed E-state index contributed by atoms with van der Waals surface area (Å²) in [5, 5.41) is 0. The number of carbonyl (C=O) groups excluding carboxylic acids is 3. The first-order valence-electron chi connectivity index (χ1n) is 17.6. The predicted molar refractivity (Wildman–Crippen MR) is 170 cm³/mol. The fourth-order valence-electron chi connectivity index (χ4n) is 10.7. The van der Waals surface area contributed by atoms with Crippen molar-refractivity contribution < 1.29 is 38.1 Å². The van der Waals surface area contributed by atoms with E-state index in [1.807, 2.05) is 0 Å². The maximum Gasteiger partial charge on any atom is 0.344 e. The molecule has 1 aromatic carbocycles. The second-order valence-electron chi connectivity index (χ2n) is 16.0. The van der Waals surface area contributed by atoms with E-state index in [-0.39, 0.29) is 19.0 Å². The van der Waals surface area contributed by atoms with Crippen molar-refractivity contribution in [1.82, 2.24) is 0 Å². The number of hydrogen-bond acceptors (Lipinski definition) is 8. The molecule has 8 aliphatic carbocycles. The normalized spacial score (nSPS) is 38.6. The third-order valence-corrected chi connectivity index (χ3v) is 12.9. The molecule has 8 bridgehead atoms. The van der Waals surface area contributed by atoms with Crippen LogP contribution in [0.1, 0.15) is 104 Å². The topological polar surface area (TPSA) is 97.4 Å². The molecule has 8 aliphatic rings. The Kier molecular flexibility index (Phi) is 8.16. The Morgan fingerprint density at radius 3 is 1.54 bits per heavy atom. The van der Waals surface area contributed by atoms with Crippen LogP contribution in [0.4, 0.5) is 0 Å². The molecule has 1 unspecified atom stereocenters. The number of benzene rings is 1. The van der Waals surface area contributed by atoms with Crippen LogP contribution in [-0.4, -0.2) is 42.3 Å². The van der Waals surface area contributed by atoms with Gasteiger partial charge >= 0.3 is 17.9 Å². The van der Waals surface area contributed by atoms with Crippen molar-refractivity contribution in [3.05, 3.63) is 35.9 Å². The zero-order valence-corrected chi connectivity index (χ0v) is 27.9. The molecule has 0 heterocycles. The van der Waals surface area contributed by atoms with Gasteiger partial charge in [-0.15, -0.1) is 0 Å². The molecule has 1 atom stereocenters. The highest BCUT2D eigenvalue weighted by molar-refractivity contribution is 5.87. The maximum absolute atomic E-state index is 13.3. The number of carbonyl (C=O) groups is 3. The van der Waals surface area contributed by atoms with Gasteiger partial charge in [-0.25, -0.2) is 14.4 Å². The summed E-state index contributed by atoms with van der Waals surface area (Å²) in [6.45, 7) is 10.7. The SMILES string of the molecule is C=C(C)C(=O)OC(C)c1ccc(OCC(=O)OC2(C)C3CC4CC(C3)CC2C4)c(OCC(=O)OC2(C)C3CC4CC(C3)CC2C4)c1. The molecule has 46 heavy (non-hydrogen) atoms. The molecule has 8 fully saturated rings. The molecular weight excluding hydrogens is 584 g/mol. The highest BCUT2D eigenvalue weighted by atomic mass is 16.6. The summed E-state index contributed by atoms with van der Waals surface area (Å²) < 4.78 is 30.0. The Labute approximate surface area is 272 Å². The smallest absolute Gasteiger partial charge is 0.344 e. The van der Waals surface area contributed by atoms with Gasteiger partial charge in [-0.3, -0.25) is 0 Å². The minimum atomic E-state index is -0.596. The maximum atomic E-state index is 13.3. The molecule has 0 radical (unpaired) electrons. The molecule has 1 aromatic rings. The van der Waals surface area contributed by atoms with Crippen LogP contribution in [0, 0.1) is 47.3 Å². The first kappa shape index (κ1) is 31.6. The van der Waals surface area contributed by atoms with Crippen LogP contribution in [0.15, 0.2) is 30.4 Å². The van der Waals surface area contributed by atoms with Crippen LogP contribution < -0.4 is 9.47 Å². The van der Waals surface area contributed by atoms with Crippen molar-refractivity contribution in [3.63, 3.8) is 0 Å². The third-order valence-electron chi connectivity index (χ3n) is 12.9. The molecule has 8 nitrogen and oxygen atoms in total. The van der Waals surface area contributed by atoms with Gasteiger partial charge < -0.3 is 23.7 Å². The van der Waals surface area contributed by atoms with E-state index in [9.17, 15) is 14.4 Å². The van der Waals surface area contributed by atoms with Crippen molar-refractivity contribution in [2.75, 3.05) is 13.2 Å². The number of ether oxygens (including phenoxy) is 5. The number of rotatable bonds is 11. The molecule has 8 saturated carbocycles. The molecular formula is C38H50O8. The molecule has 9 rings (SSSR count). The van der Waals surface area contributed by atoms with Crippen molar-refractivity contribution in [1.29, 1.82) is 0 Å². The van der Waals surface area contributed by atoms with Crippen LogP contribution in [0.3, 0.4) is 0 Å². The Morgan fingerprint density at radius 2 is 1.13 bits per heavy atom. The lowest BCUT2D eigenvalue weighted by molar-refractivity contribution is -0.205. The lowest BCUT2D eigenvalue weighted by atomic mass is 9.50. The molecule has 250 valence electrons. The average Bonchev–Trinajstić information content (AvgIpc) is 3.00. The Bertz CT molecular complexity index is 1340. The Morgan fingerprint density at radius 1 is 0.717 bits per heavy atom. The average molecular weight is 635 g/mol. The summed E-state index contributed by atoms with van der Waals surface area (Å²) in [6, 6.07) is 5.13. The third kappa shape index (κ3) is 5.83. The van der Waals surface area contributed by atoms with E-state index in [0.29, 0.717) is 40.6 Å². The van der Waals surface area contributed by atoms with Gasteiger partial charge in [0.1, 0.15) is 17.3 Å². The lowest BCUT2D eigenvalue weighted by Gasteiger charge is -2.59. The zero-order valence-electron chi connectivity index (χ0n) is 27.9. The predicted octanol–water partition coefficient (Wildman–Crippen LogP) is 7.14. The van der Waals surface area contributed by atoms with Crippen LogP contribution >= 0.6 is 0 Å². The number of hydrogen-bond donors (Lipinski definition) is 0. The summed E-state index contributed by atoms with van der Waals surface area (Å²) in [7, 11) is 0. The standard InChI is InChI=1S/C38H50O8/c1-21(2)36(41)44-22(3)27-6-7-32(42-19-34(39)45-37(4)28-10-23-8-24(12-28)13-29(37)11-23)33(18-27)43-20-35(40)46-38(5)30-14-25-9-26(16-30)17-31(38)15-25/h6-7,18,22-26,28-31H,1,8-17,19-20H2,2-5H3. The second-order valence-corrected chi connectivity index (χ2v) is 16.0. The fourth-order valence-corrected chi connectivity index (χ4v) is 10.7. The van der Waals surface area contributed by atoms with Gasteiger partial charge in [-0.2, -0.15) is 0 Å². The van der Waals surface area contributed by atoms with E-state index >= 15 is 0 Å². The van der Waals surface area contributed by atoms with Crippen molar-refractivity contribution in [2.24, 2.45) is 47.3 Å². The molecule has 8 heteroatoms. The Hall–Kier alpha value is -3.03. The summed E-state index contributed by atoms with van der Waals surface area (Å²) >= 11 is 0. The first-order valence-corrected chi connectivity index (χ1v) is 17.6. The molecule has 0 aliphatic heterocycles. The van der Waals surface area contributed by atoms with Crippen molar-refractivity contribution in [2.45, 2.75) is 109 Å². The minimum absolute atomic E-state index is 0.272. The van der Waals surface area contributed by atoms with E-state index < -0.39 is 35.2 Å². The lowest BCUT2D eigenvalue weighted by Crippen LogP contribution is -2.58. The minimum Gasteiger partial charge on any atom is -0.478 e. The molecule has 0 spiro atoms. The highest BCUT2D eigenvalue weighted by Crippen LogP contribution is 2.60.